The third-order valence-corrected chi connectivity index (χ3v) is 8.11. The van der Waals surface area contributed by atoms with E-state index in [1.807, 2.05) is 48.5 Å². The molecule has 0 aliphatic carbocycles. The molecule has 0 bridgehead atoms. The van der Waals surface area contributed by atoms with E-state index in [1.165, 1.54) is 69.6 Å². The van der Waals surface area contributed by atoms with Crippen LogP contribution in [0.25, 0.3) is 90.7 Å². The van der Waals surface area contributed by atoms with Crippen LogP contribution in [0.3, 0.4) is 0 Å². The lowest BCUT2D eigenvalue weighted by atomic mass is 9.92. The smallest absolute Gasteiger partial charge is 0.164 e. The fourth-order valence-electron chi connectivity index (χ4n) is 5.87. The maximum atomic E-state index is 5.18. The molecule has 9 aromatic rings. The summed E-state index contributed by atoms with van der Waals surface area (Å²) in [6, 6.07) is 15.3. The lowest BCUT2D eigenvalue weighted by Gasteiger charge is -2.17. The Morgan fingerprint density at radius 1 is 0.296 bits per heavy atom. The summed E-state index contributed by atoms with van der Waals surface area (Å²) in [5, 5.41) is 0. The molecule has 0 saturated carbocycles. The van der Waals surface area contributed by atoms with Crippen molar-refractivity contribution in [3.8, 4) is 90.7 Å². The van der Waals surface area contributed by atoms with Crippen molar-refractivity contribution in [3.63, 3.8) is 0 Å². The van der Waals surface area contributed by atoms with E-state index in [0.717, 1.165) is 11.1 Å². The molecule has 18 heteroatoms. The number of pyridine rings is 1. The second kappa shape index (κ2) is 14.2. The Morgan fingerprint density at radius 2 is 0.648 bits per heavy atom. The van der Waals surface area contributed by atoms with Gasteiger partial charge in [-0.2, -0.15) is 0 Å². The number of hydrogen-bond acceptors (Lipinski definition) is 18. The van der Waals surface area contributed by atoms with Gasteiger partial charge in [-0.3, -0.25) is 0 Å². The maximum Gasteiger partial charge on any atom is 0.164 e. The molecular weight excluding hydrogens is 685 g/mol. The number of rotatable bonds is 8. The predicted octanol–water partition coefficient (Wildman–Crippen LogP) is 4.13. The highest BCUT2D eigenvalue weighted by Crippen LogP contribution is 2.42. The Kier molecular flexibility index (Phi) is 8.30. The van der Waals surface area contributed by atoms with Gasteiger partial charge in [0.15, 0.2) is 29.1 Å². The van der Waals surface area contributed by atoms with Crippen molar-refractivity contribution in [1.29, 1.82) is 0 Å². The summed E-state index contributed by atoms with van der Waals surface area (Å²) < 4.78 is 0. The highest BCUT2D eigenvalue weighted by Gasteiger charge is 2.24. The minimum absolute atomic E-state index is 0.380. The van der Waals surface area contributed by atoms with Crippen molar-refractivity contribution in [2.24, 2.45) is 0 Å². The summed E-state index contributed by atoms with van der Waals surface area (Å²) >= 11 is 0. The first-order valence-electron chi connectivity index (χ1n) is 16.0. The molecule has 254 valence electrons. The molecule has 7 heterocycles. The van der Waals surface area contributed by atoms with Gasteiger partial charge in [-0.05, 0) is 42.5 Å². The molecule has 7 aromatic heterocycles. The van der Waals surface area contributed by atoms with Crippen molar-refractivity contribution >= 4 is 0 Å². The molecule has 0 fully saturated rings. The predicted molar refractivity (Wildman–Crippen MR) is 190 cm³/mol. The summed E-state index contributed by atoms with van der Waals surface area (Å²) in [6.07, 6.45) is 17.4. The van der Waals surface area contributed by atoms with Crippen LogP contribution in [-0.4, -0.2) is 89.7 Å². The van der Waals surface area contributed by atoms with E-state index in [0.29, 0.717) is 79.6 Å². The van der Waals surface area contributed by atoms with Crippen LogP contribution in [0.1, 0.15) is 0 Å². The molecule has 0 aliphatic rings. The van der Waals surface area contributed by atoms with E-state index in [9.17, 15) is 0 Å². The summed E-state index contributed by atoms with van der Waals surface area (Å²) in [5.74, 6) is 1.98. The van der Waals surface area contributed by atoms with Gasteiger partial charge in [-0.15, -0.1) is 0 Å². The Morgan fingerprint density at radius 3 is 1.04 bits per heavy atom. The third-order valence-electron chi connectivity index (χ3n) is 8.11. The molecule has 0 N–H and O–H groups in total. The highest BCUT2D eigenvalue weighted by molar-refractivity contribution is 5.94. The van der Waals surface area contributed by atoms with Gasteiger partial charge in [0.2, 0.25) is 0 Å². The van der Waals surface area contributed by atoms with E-state index in [1.54, 1.807) is 6.20 Å². The molecule has 0 radical (unpaired) electrons. The topological polar surface area (TPSA) is 232 Å². The van der Waals surface area contributed by atoms with Crippen molar-refractivity contribution in [2.75, 3.05) is 0 Å². The highest BCUT2D eigenvalue weighted by atomic mass is 15.0. The molecule has 0 unspecified atom stereocenters. The van der Waals surface area contributed by atoms with Crippen molar-refractivity contribution in [1.82, 2.24) is 89.7 Å². The van der Waals surface area contributed by atoms with Crippen molar-refractivity contribution in [2.45, 2.75) is 0 Å². The lowest BCUT2D eigenvalue weighted by molar-refractivity contribution is 1.03. The normalized spacial score (nSPS) is 11.0. The molecule has 0 atom stereocenters. The second-order valence-corrected chi connectivity index (χ2v) is 11.2. The molecule has 0 spiro atoms. The minimum atomic E-state index is 0.380. The van der Waals surface area contributed by atoms with Crippen LogP contribution in [0.4, 0.5) is 0 Å². The van der Waals surface area contributed by atoms with E-state index in [4.69, 9.17) is 4.98 Å². The fourth-order valence-corrected chi connectivity index (χ4v) is 5.87. The van der Waals surface area contributed by atoms with E-state index >= 15 is 0 Å². The first kappa shape index (κ1) is 31.7. The summed E-state index contributed by atoms with van der Waals surface area (Å²) in [6.45, 7) is 0. The van der Waals surface area contributed by atoms with Gasteiger partial charge in [0.05, 0.1) is 17.1 Å². The van der Waals surface area contributed by atoms with E-state index < -0.39 is 0 Å². The van der Waals surface area contributed by atoms with Crippen LogP contribution in [0.5, 0.6) is 0 Å². The Bertz CT molecular complexity index is 2390. The van der Waals surface area contributed by atoms with Crippen molar-refractivity contribution < 1.29 is 0 Å². The van der Waals surface area contributed by atoms with E-state index in [2.05, 4.69) is 84.7 Å². The quantitative estimate of drug-likeness (QED) is 0.216. The van der Waals surface area contributed by atoms with E-state index in [-0.39, 0.29) is 0 Å². The van der Waals surface area contributed by atoms with Gasteiger partial charge in [0.25, 0.3) is 0 Å². The molecule has 0 aliphatic heterocycles. The first-order chi connectivity index (χ1) is 26.8. The SMILES string of the molecule is c1cc(-c2cc(-c3ccncn3)c(-c3ncncn3)c(-c3ncncn3)c2)nc(-c2cc(-c3ncncn3)c(-c3ncncn3)c(-c3ncncn3)c2)c1. The molecule has 0 saturated heterocycles. The van der Waals surface area contributed by atoms with Gasteiger partial charge >= 0.3 is 0 Å². The molecule has 54 heavy (non-hydrogen) atoms. The average molecular weight is 705 g/mol. The van der Waals surface area contributed by atoms with Crippen LogP contribution in [0, 0.1) is 0 Å². The lowest BCUT2D eigenvalue weighted by Crippen LogP contribution is -2.02. The molecule has 9 rings (SSSR count). The summed E-state index contributed by atoms with van der Waals surface area (Å²) in [4.78, 5) is 78.7. The summed E-state index contributed by atoms with van der Waals surface area (Å²) in [7, 11) is 0. The number of hydrogen-bond donors (Lipinski definition) is 0. The minimum Gasteiger partial charge on any atom is -0.248 e. The largest absolute Gasteiger partial charge is 0.248 e. The Hall–Kier alpha value is -8.28. The van der Waals surface area contributed by atoms with Gasteiger partial charge in [-0.25, -0.2) is 89.7 Å². The van der Waals surface area contributed by atoms with Gasteiger partial charge in [-0.1, -0.05) is 6.07 Å². The third kappa shape index (κ3) is 6.17. The zero-order valence-electron chi connectivity index (χ0n) is 27.6. The zero-order valence-corrected chi connectivity index (χ0v) is 27.6. The monoisotopic (exact) mass is 704 g/mol. The first-order valence-corrected chi connectivity index (χ1v) is 16.0. The Balaban J connectivity index is 1.28. The van der Waals surface area contributed by atoms with Gasteiger partial charge < -0.3 is 0 Å². The molecule has 0 amide bonds. The average Bonchev–Trinajstić information content (AvgIpc) is 3.27. The maximum absolute atomic E-state index is 5.18. The van der Waals surface area contributed by atoms with Gasteiger partial charge in [0.1, 0.15) is 69.6 Å². The number of nitrogens with zero attached hydrogens (tertiary/aromatic N) is 18. The van der Waals surface area contributed by atoms with Crippen molar-refractivity contribution in [3.05, 3.63) is 124 Å². The van der Waals surface area contributed by atoms with Crippen LogP contribution in [0.15, 0.2) is 124 Å². The van der Waals surface area contributed by atoms with Gasteiger partial charge in [0, 0.05) is 50.7 Å². The van der Waals surface area contributed by atoms with Crippen LogP contribution in [-0.2, 0) is 0 Å². The molecule has 2 aromatic carbocycles. The second-order valence-electron chi connectivity index (χ2n) is 11.2. The van der Waals surface area contributed by atoms with Crippen LogP contribution >= 0.6 is 0 Å². The molecular formula is C36H20N18. The fraction of sp³-hybridized carbons (Fsp3) is 0. The van der Waals surface area contributed by atoms with Crippen LogP contribution in [0.2, 0.25) is 0 Å². The Labute approximate surface area is 304 Å². The zero-order chi connectivity index (χ0) is 36.1. The summed E-state index contributed by atoms with van der Waals surface area (Å²) in [5.41, 5.74) is 7.18. The number of benzene rings is 2. The number of aromatic nitrogens is 18. The standard InChI is InChI=1S/C36H20N18/c1-2-27(21-6-23(29-4-5-37-10-43-29)30(35-50-17-41-18-51-35)24(7-21)32-44-11-38-12-45-32)54-28(3-1)22-8-25(33-46-13-39-14-47-33)31(36-52-19-42-20-53-36)26(9-22)34-48-15-40-16-49-34/h1-20H. The van der Waals surface area contributed by atoms with Crippen LogP contribution < -0.4 is 0 Å². The molecule has 18 nitrogen and oxygen atoms in total.